The second-order valence-electron chi connectivity index (χ2n) is 4.95. The van der Waals surface area contributed by atoms with Gasteiger partial charge in [0.2, 0.25) is 0 Å². The van der Waals surface area contributed by atoms with Crippen LogP contribution < -0.4 is 15.8 Å². The van der Waals surface area contributed by atoms with Gasteiger partial charge in [-0.25, -0.2) is 0 Å². The van der Waals surface area contributed by atoms with Crippen molar-refractivity contribution in [2.75, 3.05) is 32.6 Å². The smallest absolute Gasteiger partial charge is 0.265 e. The van der Waals surface area contributed by atoms with Crippen LogP contribution in [0.15, 0.2) is 24.3 Å². The molecule has 0 radical (unpaired) electrons. The maximum atomic E-state index is 12.3. The van der Waals surface area contributed by atoms with Crippen LogP contribution in [0.25, 0.3) is 5.69 Å². The number of nitrogen functional groups attached to an aromatic ring is 1. The van der Waals surface area contributed by atoms with Crippen molar-refractivity contribution >= 4 is 35.3 Å². The molecule has 8 heteroatoms. The minimum absolute atomic E-state index is 0.218. The van der Waals surface area contributed by atoms with Crippen LogP contribution in [-0.4, -0.2) is 37.3 Å². The molecule has 1 aromatic heterocycles. The molecule has 0 aliphatic carbocycles. The normalized spacial score (nSPS) is 10.6. The summed E-state index contributed by atoms with van der Waals surface area (Å²) in [6.45, 7) is 3.66. The van der Waals surface area contributed by atoms with Gasteiger partial charge in [-0.3, -0.25) is 9.36 Å². The number of ether oxygens (including phenoxy) is 2. The lowest BCUT2D eigenvalue weighted by Gasteiger charge is -2.08. The second-order valence-corrected chi connectivity index (χ2v) is 6.59. The Hall–Kier alpha value is -1.90. The van der Waals surface area contributed by atoms with Crippen molar-refractivity contribution in [2.45, 2.75) is 13.3 Å². The predicted octanol–water partition coefficient (Wildman–Crippen LogP) is 3.02. The third-order valence-electron chi connectivity index (χ3n) is 3.27. The summed E-state index contributed by atoms with van der Waals surface area (Å²) in [6, 6.07) is 7.43. The van der Waals surface area contributed by atoms with Crippen LogP contribution in [0.5, 0.6) is 5.75 Å². The van der Waals surface area contributed by atoms with Gasteiger partial charge in [-0.05, 0) is 49.8 Å². The van der Waals surface area contributed by atoms with E-state index >= 15 is 0 Å². The van der Waals surface area contributed by atoms with Crippen LogP contribution >= 0.6 is 23.6 Å². The van der Waals surface area contributed by atoms with Gasteiger partial charge in [0.25, 0.3) is 5.91 Å². The first-order valence-electron chi connectivity index (χ1n) is 7.60. The summed E-state index contributed by atoms with van der Waals surface area (Å²) >= 11 is 6.57. The van der Waals surface area contributed by atoms with Gasteiger partial charge >= 0.3 is 0 Å². The number of carbonyl (C=O) groups is 1. The number of amides is 1. The maximum Gasteiger partial charge on any atom is 0.265 e. The molecule has 0 aliphatic heterocycles. The van der Waals surface area contributed by atoms with E-state index in [1.807, 2.05) is 31.2 Å². The predicted molar refractivity (Wildman–Crippen MR) is 98.9 cm³/mol. The molecule has 0 bridgehead atoms. The van der Waals surface area contributed by atoms with E-state index in [2.05, 4.69) is 5.32 Å². The molecule has 2 rings (SSSR count). The lowest BCUT2D eigenvalue weighted by atomic mass is 10.3. The number of nitrogens with two attached hydrogens (primary N) is 1. The van der Waals surface area contributed by atoms with Crippen molar-refractivity contribution in [3.05, 3.63) is 33.1 Å². The van der Waals surface area contributed by atoms with Gasteiger partial charge < -0.3 is 20.5 Å². The van der Waals surface area contributed by atoms with E-state index in [0.717, 1.165) is 17.9 Å². The Morgan fingerprint density at radius 1 is 1.38 bits per heavy atom. The Morgan fingerprint density at radius 3 is 2.71 bits per heavy atom. The van der Waals surface area contributed by atoms with Crippen molar-refractivity contribution < 1.29 is 14.3 Å². The molecule has 6 nitrogen and oxygen atoms in total. The van der Waals surface area contributed by atoms with Crippen molar-refractivity contribution in [1.29, 1.82) is 0 Å². The van der Waals surface area contributed by atoms with Crippen LogP contribution in [0.1, 0.15) is 23.0 Å². The zero-order valence-corrected chi connectivity index (χ0v) is 15.3. The highest BCUT2D eigenvalue weighted by atomic mass is 32.1. The number of carbonyl (C=O) groups excluding carboxylic acids is 1. The molecular formula is C16H21N3O3S2. The molecule has 1 heterocycles. The summed E-state index contributed by atoms with van der Waals surface area (Å²) in [6.07, 6.45) is 0.743. The molecule has 2 aromatic rings. The number of hydrogen-bond acceptors (Lipinski definition) is 6. The SMILES string of the molecule is CCOc1ccc(-n2c(N)c(C(=O)NCCCOC)sc2=S)cc1. The molecule has 3 N–H and O–H groups in total. The molecule has 0 saturated heterocycles. The summed E-state index contributed by atoms with van der Waals surface area (Å²) in [7, 11) is 1.63. The van der Waals surface area contributed by atoms with Crippen LogP contribution in [0, 0.1) is 3.95 Å². The van der Waals surface area contributed by atoms with Gasteiger partial charge in [0.15, 0.2) is 3.95 Å². The van der Waals surface area contributed by atoms with Gasteiger partial charge in [-0.1, -0.05) is 11.3 Å². The standard InChI is InChI=1S/C16H21N3O3S2/c1-3-22-12-7-5-11(6-8-12)19-14(17)13(24-16(19)23)15(20)18-9-4-10-21-2/h5-8H,3-4,9-10,17H2,1-2H3,(H,18,20). The number of thiazole rings is 1. The van der Waals surface area contributed by atoms with Crippen LogP contribution in [0.2, 0.25) is 0 Å². The summed E-state index contributed by atoms with van der Waals surface area (Å²) < 4.78 is 12.6. The van der Waals surface area contributed by atoms with Crippen LogP contribution in [0.4, 0.5) is 5.82 Å². The summed E-state index contributed by atoms with van der Waals surface area (Å²) in [5, 5.41) is 2.82. The summed E-state index contributed by atoms with van der Waals surface area (Å²) in [5.74, 6) is 0.903. The lowest BCUT2D eigenvalue weighted by molar-refractivity contribution is 0.0953. The fourth-order valence-corrected chi connectivity index (χ4v) is 3.43. The van der Waals surface area contributed by atoms with E-state index in [1.54, 1.807) is 11.7 Å². The lowest BCUT2D eigenvalue weighted by Crippen LogP contribution is -2.25. The Labute approximate surface area is 150 Å². The molecular weight excluding hydrogens is 346 g/mol. The monoisotopic (exact) mass is 367 g/mol. The van der Waals surface area contributed by atoms with Gasteiger partial charge in [0.1, 0.15) is 16.4 Å². The molecule has 24 heavy (non-hydrogen) atoms. The van der Waals surface area contributed by atoms with Crippen molar-refractivity contribution in [2.24, 2.45) is 0 Å². The first-order chi connectivity index (χ1) is 11.6. The molecule has 1 amide bonds. The fraction of sp³-hybridized carbons (Fsp3) is 0.375. The highest BCUT2D eigenvalue weighted by Gasteiger charge is 2.17. The molecule has 0 aliphatic rings. The number of aromatic nitrogens is 1. The van der Waals surface area contributed by atoms with Gasteiger partial charge in [-0.15, -0.1) is 0 Å². The van der Waals surface area contributed by atoms with Crippen molar-refractivity contribution in [1.82, 2.24) is 9.88 Å². The van der Waals surface area contributed by atoms with Crippen LogP contribution in [0.3, 0.4) is 0 Å². The Bertz CT molecular complexity index is 738. The zero-order valence-electron chi connectivity index (χ0n) is 13.7. The number of rotatable bonds is 8. The van der Waals surface area contributed by atoms with E-state index in [9.17, 15) is 4.79 Å². The summed E-state index contributed by atoms with van der Waals surface area (Å²) in [4.78, 5) is 12.7. The van der Waals surface area contributed by atoms with Crippen LogP contribution in [-0.2, 0) is 4.74 Å². The van der Waals surface area contributed by atoms with E-state index in [4.69, 9.17) is 27.4 Å². The number of nitrogens with one attached hydrogen (secondary N) is 1. The molecule has 130 valence electrons. The summed E-state index contributed by atoms with van der Waals surface area (Å²) in [5.41, 5.74) is 6.96. The highest BCUT2D eigenvalue weighted by Crippen LogP contribution is 2.27. The molecule has 0 spiro atoms. The topological polar surface area (TPSA) is 78.5 Å². The Kier molecular flexibility index (Phi) is 6.77. The first-order valence-corrected chi connectivity index (χ1v) is 8.82. The average molecular weight is 367 g/mol. The fourth-order valence-electron chi connectivity index (χ4n) is 2.15. The van der Waals surface area contributed by atoms with Gasteiger partial charge in [0.05, 0.1) is 6.61 Å². The van der Waals surface area contributed by atoms with Crippen molar-refractivity contribution in [3.63, 3.8) is 0 Å². The van der Waals surface area contributed by atoms with E-state index in [-0.39, 0.29) is 5.91 Å². The highest BCUT2D eigenvalue weighted by molar-refractivity contribution is 7.73. The Balaban J connectivity index is 2.19. The van der Waals surface area contributed by atoms with E-state index < -0.39 is 0 Å². The van der Waals surface area contributed by atoms with Gasteiger partial charge in [0, 0.05) is 25.9 Å². The third-order valence-corrected chi connectivity index (χ3v) is 4.66. The van der Waals surface area contributed by atoms with E-state index in [1.165, 1.54) is 11.3 Å². The quantitative estimate of drug-likeness (QED) is 0.554. The molecule has 0 fully saturated rings. The largest absolute Gasteiger partial charge is 0.494 e. The molecule has 0 atom stereocenters. The average Bonchev–Trinajstić information content (AvgIpc) is 2.87. The molecule has 0 unspecified atom stereocenters. The van der Waals surface area contributed by atoms with Gasteiger partial charge in [-0.2, -0.15) is 0 Å². The molecule has 1 aromatic carbocycles. The molecule has 0 saturated carbocycles. The first kappa shape index (κ1) is 18.4. The minimum Gasteiger partial charge on any atom is -0.494 e. The maximum absolute atomic E-state index is 12.3. The number of anilines is 1. The number of nitrogens with zero attached hydrogens (tertiary/aromatic N) is 1. The minimum atomic E-state index is -0.218. The second kappa shape index (κ2) is 8.81. The number of methoxy groups -OCH3 is 1. The van der Waals surface area contributed by atoms with E-state index in [0.29, 0.717) is 34.4 Å². The number of benzene rings is 1. The third kappa shape index (κ3) is 4.34. The zero-order chi connectivity index (χ0) is 17.5. The Morgan fingerprint density at radius 2 is 2.08 bits per heavy atom. The number of hydrogen-bond donors (Lipinski definition) is 2. The van der Waals surface area contributed by atoms with Crippen molar-refractivity contribution in [3.8, 4) is 11.4 Å².